The van der Waals surface area contributed by atoms with Crippen molar-refractivity contribution in [2.45, 2.75) is 39.3 Å². The fraction of sp³-hybridized carbons (Fsp3) is 0.400. The first kappa shape index (κ1) is 15.2. The molecule has 0 bridgehead atoms. The minimum absolute atomic E-state index is 0.206. The van der Waals surface area contributed by atoms with Crippen LogP contribution in [0.1, 0.15) is 23.9 Å². The van der Waals surface area contributed by atoms with Gasteiger partial charge in [0, 0.05) is 29.2 Å². The van der Waals surface area contributed by atoms with Gasteiger partial charge in [-0.3, -0.25) is 16.0 Å². The Morgan fingerprint density at radius 1 is 1.30 bits per heavy atom. The smallest absolute Gasteiger partial charge is 0.0596 e. The molecule has 2 aromatic rings. The molecule has 0 aliphatic rings. The van der Waals surface area contributed by atoms with E-state index in [1.807, 2.05) is 11.6 Å². The Morgan fingerprint density at radius 3 is 2.60 bits per heavy atom. The zero-order valence-corrected chi connectivity index (χ0v) is 13.5. The highest BCUT2D eigenvalue weighted by Crippen LogP contribution is 2.14. The van der Waals surface area contributed by atoms with E-state index in [-0.39, 0.29) is 6.04 Å². The second kappa shape index (κ2) is 7.02. The topological polar surface area (TPSA) is 55.9 Å². The van der Waals surface area contributed by atoms with Crippen molar-refractivity contribution < 1.29 is 0 Å². The first-order valence-corrected chi connectivity index (χ1v) is 7.65. The molecule has 20 heavy (non-hydrogen) atoms. The van der Waals surface area contributed by atoms with Crippen LogP contribution < -0.4 is 11.3 Å². The molecule has 3 N–H and O–H groups in total. The third kappa shape index (κ3) is 3.91. The molecule has 1 aromatic carbocycles. The van der Waals surface area contributed by atoms with Gasteiger partial charge in [-0.25, -0.2) is 0 Å². The normalized spacial score (nSPS) is 12.6. The summed E-state index contributed by atoms with van der Waals surface area (Å²) in [5, 5.41) is 4.48. The Bertz CT molecular complexity index is 548. The van der Waals surface area contributed by atoms with Crippen molar-refractivity contribution in [2.75, 3.05) is 0 Å². The monoisotopic (exact) mass is 336 g/mol. The van der Waals surface area contributed by atoms with Crippen LogP contribution in [0.3, 0.4) is 0 Å². The molecule has 5 heteroatoms. The predicted molar refractivity (Wildman–Crippen MR) is 85.3 cm³/mol. The van der Waals surface area contributed by atoms with Crippen molar-refractivity contribution in [2.24, 2.45) is 5.84 Å². The standard InChI is InChI=1S/C15H21BrN4/c1-3-20-15(8-11(2)19-20)10-14(18-17)9-12-4-6-13(16)7-5-12/h4-8,14,18H,3,9-10,17H2,1-2H3. The third-order valence-corrected chi connectivity index (χ3v) is 3.90. The van der Waals surface area contributed by atoms with Crippen molar-refractivity contribution in [1.29, 1.82) is 0 Å². The molecule has 2 rings (SSSR count). The molecular formula is C15H21BrN4. The molecule has 1 atom stereocenters. The van der Waals surface area contributed by atoms with E-state index in [0.717, 1.165) is 29.6 Å². The molecule has 0 radical (unpaired) electrons. The number of nitrogens with one attached hydrogen (secondary N) is 1. The number of aryl methyl sites for hydroxylation is 2. The van der Waals surface area contributed by atoms with Crippen LogP contribution in [-0.4, -0.2) is 15.8 Å². The van der Waals surface area contributed by atoms with Crippen molar-refractivity contribution in [3.05, 3.63) is 51.8 Å². The van der Waals surface area contributed by atoms with Gasteiger partial charge in [0.15, 0.2) is 0 Å². The summed E-state index contributed by atoms with van der Waals surface area (Å²) in [5.41, 5.74) is 6.48. The number of benzene rings is 1. The summed E-state index contributed by atoms with van der Waals surface area (Å²) in [5.74, 6) is 5.71. The summed E-state index contributed by atoms with van der Waals surface area (Å²) < 4.78 is 3.14. The average molecular weight is 337 g/mol. The van der Waals surface area contributed by atoms with Gasteiger partial charge in [-0.2, -0.15) is 5.10 Å². The first-order chi connectivity index (χ1) is 9.62. The Labute approximate surface area is 128 Å². The number of hydrogen-bond acceptors (Lipinski definition) is 3. The largest absolute Gasteiger partial charge is 0.271 e. The van der Waals surface area contributed by atoms with Crippen LogP contribution in [-0.2, 0) is 19.4 Å². The number of aromatic nitrogens is 2. The van der Waals surface area contributed by atoms with Crippen LogP contribution in [0, 0.1) is 6.92 Å². The maximum Gasteiger partial charge on any atom is 0.0596 e. The highest BCUT2D eigenvalue weighted by Gasteiger charge is 2.13. The quantitative estimate of drug-likeness (QED) is 0.629. The lowest BCUT2D eigenvalue weighted by atomic mass is 10.0. The fourth-order valence-electron chi connectivity index (χ4n) is 2.38. The van der Waals surface area contributed by atoms with E-state index in [1.54, 1.807) is 0 Å². The Kier molecular flexibility index (Phi) is 5.34. The van der Waals surface area contributed by atoms with Crippen molar-refractivity contribution in [3.63, 3.8) is 0 Å². The van der Waals surface area contributed by atoms with Gasteiger partial charge in [0.2, 0.25) is 0 Å². The molecule has 0 aliphatic carbocycles. The second-order valence-corrected chi connectivity index (χ2v) is 5.91. The third-order valence-electron chi connectivity index (χ3n) is 3.37. The lowest BCUT2D eigenvalue weighted by Gasteiger charge is -2.16. The molecule has 1 aromatic heterocycles. The summed E-state index contributed by atoms with van der Waals surface area (Å²) in [7, 11) is 0. The maximum absolute atomic E-state index is 5.71. The molecular weight excluding hydrogens is 316 g/mol. The summed E-state index contributed by atoms with van der Waals surface area (Å²) in [4.78, 5) is 0. The SMILES string of the molecule is CCn1nc(C)cc1CC(Cc1ccc(Br)cc1)NN. The van der Waals surface area contributed by atoms with E-state index in [2.05, 4.69) is 63.7 Å². The van der Waals surface area contributed by atoms with Gasteiger partial charge in [-0.15, -0.1) is 0 Å². The van der Waals surface area contributed by atoms with Gasteiger partial charge >= 0.3 is 0 Å². The average Bonchev–Trinajstić information content (AvgIpc) is 2.80. The molecule has 0 fully saturated rings. The Balaban J connectivity index is 2.06. The van der Waals surface area contributed by atoms with Gasteiger partial charge < -0.3 is 0 Å². The number of hydrazine groups is 1. The molecule has 0 saturated carbocycles. The van der Waals surface area contributed by atoms with E-state index in [4.69, 9.17) is 5.84 Å². The Morgan fingerprint density at radius 2 is 2.00 bits per heavy atom. The number of rotatable bonds is 6. The zero-order chi connectivity index (χ0) is 14.5. The molecule has 1 unspecified atom stereocenters. The van der Waals surface area contributed by atoms with Crippen molar-refractivity contribution in [1.82, 2.24) is 15.2 Å². The zero-order valence-electron chi connectivity index (χ0n) is 11.9. The summed E-state index contributed by atoms with van der Waals surface area (Å²) in [6, 6.07) is 10.7. The van der Waals surface area contributed by atoms with Crippen molar-refractivity contribution >= 4 is 15.9 Å². The molecule has 0 amide bonds. The minimum Gasteiger partial charge on any atom is -0.271 e. The predicted octanol–water partition coefficient (Wildman–Crippen LogP) is 2.59. The number of halogens is 1. The molecule has 4 nitrogen and oxygen atoms in total. The highest BCUT2D eigenvalue weighted by atomic mass is 79.9. The molecule has 108 valence electrons. The van der Waals surface area contributed by atoms with E-state index in [9.17, 15) is 0 Å². The Hall–Kier alpha value is -1.17. The maximum atomic E-state index is 5.71. The van der Waals surface area contributed by atoms with Gasteiger partial charge in [-0.1, -0.05) is 28.1 Å². The van der Waals surface area contributed by atoms with Crippen LogP contribution in [0.25, 0.3) is 0 Å². The van der Waals surface area contributed by atoms with Gasteiger partial charge in [0.05, 0.1) is 5.69 Å². The van der Waals surface area contributed by atoms with Crippen molar-refractivity contribution in [3.8, 4) is 0 Å². The van der Waals surface area contributed by atoms with E-state index < -0.39 is 0 Å². The van der Waals surface area contributed by atoms with Crippen LogP contribution in [0.2, 0.25) is 0 Å². The van der Waals surface area contributed by atoms with E-state index in [0.29, 0.717) is 0 Å². The van der Waals surface area contributed by atoms with E-state index in [1.165, 1.54) is 11.3 Å². The lowest BCUT2D eigenvalue weighted by Crippen LogP contribution is -2.39. The number of nitrogens with zero attached hydrogens (tertiary/aromatic N) is 2. The second-order valence-electron chi connectivity index (χ2n) is 4.99. The lowest BCUT2D eigenvalue weighted by molar-refractivity contribution is 0.496. The fourth-order valence-corrected chi connectivity index (χ4v) is 2.65. The van der Waals surface area contributed by atoms with Gasteiger partial charge in [-0.05, 0) is 44.0 Å². The first-order valence-electron chi connectivity index (χ1n) is 6.86. The van der Waals surface area contributed by atoms with Gasteiger partial charge in [0.25, 0.3) is 0 Å². The van der Waals surface area contributed by atoms with E-state index >= 15 is 0 Å². The van der Waals surface area contributed by atoms with Crippen LogP contribution >= 0.6 is 15.9 Å². The molecule has 1 heterocycles. The summed E-state index contributed by atoms with van der Waals surface area (Å²) in [6.45, 7) is 5.02. The molecule has 0 spiro atoms. The van der Waals surface area contributed by atoms with Gasteiger partial charge in [0.1, 0.15) is 0 Å². The highest BCUT2D eigenvalue weighted by molar-refractivity contribution is 9.10. The van der Waals surface area contributed by atoms with Crippen LogP contribution in [0.4, 0.5) is 0 Å². The molecule has 0 aliphatic heterocycles. The van der Waals surface area contributed by atoms with Crippen LogP contribution in [0.15, 0.2) is 34.8 Å². The summed E-state index contributed by atoms with van der Waals surface area (Å²) >= 11 is 3.45. The summed E-state index contributed by atoms with van der Waals surface area (Å²) in [6.07, 6.45) is 1.78. The van der Waals surface area contributed by atoms with Crippen LogP contribution in [0.5, 0.6) is 0 Å². The number of hydrogen-bond donors (Lipinski definition) is 2. The number of nitrogens with two attached hydrogens (primary N) is 1. The minimum atomic E-state index is 0.206. The molecule has 0 saturated heterocycles.